The number of nitrogens with one attached hydrogen (secondary N) is 1. The molecule has 1 amide bonds. The molecule has 9 nitrogen and oxygen atoms in total. The van der Waals surface area contributed by atoms with Gasteiger partial charge in [0.05, 0.1) is 11.3 Å². The Bertz CT molecular complexity index is 1040. The van der Waals surface area contributed by atoms with Gasteiger partial charge < -0.3 is 19.0 Å². The summed E-state index contributed by atoms with van der Waals surface area (Å²) in [4.78, 5) is 34.5. The van der Waals surface area contributed by atoms with Crippen LogP contribution in [0.15, 0.2) is 22.7 Å². The normalized spacial score (nSPS) is 24.1. The molecule has 0 radical (unpaired) electrons. The van der Waals surface area contributed by atoms with E-state index in [1.54, 1.807) is 0 Å². The zero-order valence-corrected chi connectivity index (χ0v) is 21.4. The highest BCUT2D eigenvalue weighted by Crippen LogP contribution is 2.32. The number of carbonyl (C=O) groups is 2. The van der Waals surface area contributed by atoms with Crippen molar-refractivity contribution in [3.63, 3.8) is 0 Å². The summed E-state index contributed by atoms with van der Waals surface area (Å²) in [6, 6.07) is 5.66. The van der Waals surface area contributed by atoms with Gasteiger partial charge in [0.2, 0.25) is 0 Å². The summed E-state index contributed by atoms with van der Waals surface area (Å²) >= 11 is 6.06. The number of halogens is 1. The van der Waals surface area contributed by atoms with Gasteiger partial charge >= 0.3 is 5.97 Å². The summed E-state index contributed by atoms with van der Waals surface area (Å²) in [7, 11) is 0. The molecule has 0 unspecified atom stereocenters. The minimum absolute atomic E-state index is 0.0700. The van der Waals surface area contributed by atoms with Crippen LogP contribution in [0, 0.1) is 17.8 Å². The van der Waals surface area contributed by atoms with Crippen molar-refractivity contribution < 1.29 is 23.7 Å². The quantitative estimate of drug-likeness (QED) is 0.577. The highest BCUT2D eigenvalue weighted by atomic mass is 35.5. The fourth-order valence-corrected chi connectivity index (χ4v) is 5.75. The van der Waals surface area contributed by atoms with Gasteiger partial charge in [0.25, 0.3) is 5.91 Å². The third kappa shape index (κ3) is 6.12. The van der Waals surface area contributed by atoms with E-state index in [-0.39, 0.29) is 23.7 Å². The molecule has 2 aromatic rings. The number of amides is 1. The zero-order valence-electron chi connectivity index (χ0n) is 20.6. The molecule has 2 aliphatic heterocycles. The molecule has 0 spiro atoms. The van der Waals surface area contributed by atoms with Gasteiger partial charge in [-0.15, -0.1) is 0 Å². The van der Waals surface area contributed by atoms with Gasteiger partial charge in [-0.2, -0.15) is 5.48 Å². The number of benzene rings is 1. The number of hydroxylamine groups is 1. The second-order valence-electron chi connectivity index (χ2n) is 10.3. The van der Waals surface area contributed by atoms with E-state index in [1.165, 1.54) is 0 Å². The number of fused-ring (bicyclic) bond motifs is 1. The maximum Gasteiger partial charge on any atom is 0.335 e. The number of ether oxygens (including phenoxy) is 1. The summed E-state index contributed by atoms with van der Waals surface area (Å²) < 4.78 is 10.7. The average Bonchev–Trinajstić information content (AvgIpc) is 3.34. The molecule has 3 aliphatic rings. The van der Waals surface area contributed by atoms with Crippen molar-refractivity contribution in [1.82, 2.24) is 15.5 Å². The summed E-state index contributed by atoms with van der Waals surface area (Å²) in [6.45, 7) is 6.06. The Morgan fingerprint density at radius 2 is 1.78 bits per heavy atom. The van der Waals surface area contributed by atoms with Gasteiger partial charge in [0.1, 0.15) is 0 Å². The van der Waals surface area contributed by atoms with Crippen LogP contribution in [-0.2, 0) is 19.2 Å². The Labute approximate surface area is 216 Å². The Morgan fingerprint density at radius 3 is 2.53 bits per heavy atom. The lowest BCUT2D eigenvalue weighted by atomic mass is 9.80. The van der Waals surface area contributed by atoms with Crippen LogP contribution in [0.3, 0.4) is 0 Å². The summed E-state index contributed by atoms with van der Waals surface area (Å²) in [5, 5.41) is 5.94. The van der Waals surface area contributed by atoms with Gasteiger partial charge in [0, 0.05) is 56.4 Å². The van der Waals surface area contributed by atoms with Crippen LogP contribution in [-0.4, -0.2) is 67.9 Å². The maximum absolute atomic E-state index is 12.5. The molecule has 196 valence electrons. The van der Waals surface area contributed by atoms with Crippen LogP contribution in [0.4, 0.5) is 5.82 Å². The average molecular weight is 519 g/mol. The summed E-state index contributed by atoms with van der Waals surface area (Å²) in [6.07, 6.45) is 6.24. The lowest BCUT2D eigenvalue weighted by Crippen LogP contribution is -2.47. The number of hydrogen-bond donors (Lipinski definition) is 1. The number of piperazine rings is 1. The maximum atomic E-state index is 12.5. The third-order valence-corrected chi connectivity index (χ3v) is 8.20. The first-order chi connectivity index (χ1) is 17.6. The van der Waals surface area contributed by atoms with Crippen LogP contribution >= 0.6 is 11.6 Å². The van der Waals surface area contributed by atoms with E-state index >= 15 is 0 Å². The van der Waals surface area contributed by atoms with E-state index in [9.17, 15) is 9.59 Å². The van der Waals surface area contributed by atoms with Crippen molar-refractivity contribution in [3.8, 4) is 0 Å². The second-order valence-corrected chi connectivity index (χ2v) is 10.7. The van der Waals surface area contributed by atoms with E-state index in [0.717, 1.165) is 81.6 Å². The van der Waals surface area contributed by atoms with E-state index in [4.69, 9.17) is 25.7 Å². The number of rotatable bonds is 6. The number of aromatic nitrogens is 1. The van der Waals surface area contributed by atoms with Crippen LogP contribution in [0.25, 0.3) is 11.0 Å². The molecule has 2 saturated heterocycles. The molecule has 5 rings (SSSR count). The van der Waals surface area contributed by atoms with Crippen molar-refractivity contribution in [2.75, 3.05) is 50.8 Å². The zero-order chi connectivity index (χ0) is 24.9. The Kier molecular flexibility index (Phi) is 8.29. The number of nitrogens with zero attached hydrogens (tertiary/aromatic N) is 3. The van der Waals surface area contributed by atoms with E-state index in [1.807, 2.05) is 18.2 Å². The SMILES string of the molecule is O=C(NOC(=O)C1CCOCC1)C1CCC(CCN2CCN(c3noc4cc(Cl)ccc34)CC2)CC1. The van der Waals surface area contributed by atoms with E-state index < -0.39 is 0 Å². The molecule has 1 aliphatic carbocycles. The fraction of sp³-hybridized carbons (Fsp3) is 0.654. The van der Waals surface area contributed by atoms with Gasteiger partial charge in [0.15, 0.2) is 11.4 Å². The lowest BCUT2D eigenvalue weighted by Gasteiger charge is -2.36. The molecule has 0 bridgehead atoms. The van der Waals surface area contributed by atoms with Crippen molar-refractivity contribution in [1.29, 1.82) is 0 Å². The molecular formula is C26H35ClN4O5. The van der Waals surface area contributed by atoms with Crippen LogP contribution in [0.5, 0.6) is 0 Å². The van der Waals surface area contributed by atoms with Crippen molar-refractivity contribution >= 4 is 40.3 Å². The predicted molar refractivity (Wildman–Crippen MR) is 136 cm³/mol. The standard InChI is InChI=1S/C26H35ClN4O5/c27-21-5-6-22-23(17-21)35-28-24(22)31-13-11-30(12-14-31)10-7-18-1-3-19(4-2-18)25(32)29-36-26(33)20-8-15-34-16-9-20/h5-6,17-20H,1-4,7-16H2,(H,29,32). The molecule has 3 fully saturated rings. The van der Waals surface area contributed by atoms with Crippen LogP contribution in [0.1, 0.15) is 44.9 Å². The van der Waals surface area contributed by atoms with Gasteiger partial charge in [-0.1, -0.05) is 16.8 Å². The van der Waals surface area contributed by atoms with Gasteiger partial charge in [-0.05, 0) is 69.5 Å². The topological polar surface area (TPSA) is 97.1 Å². The minimum atomic E-state index is -0.346. The van der Waals surface area contributed by atoms with Crippen molar-refractivity contribution in [2.24, 2.45) is 17.8 Å². The number of hydrogen-bond acceptors (Lipinski definition) is 8. The molecule has 10 heteroatoms. The second kappa shape index (κ2) is 11.8. The molecular weight excluding hydrogens is 484 g/mol. The summed E-state index contributed by atoms with van der Waals surface area (Å²) in [5.41, 5.74) is 3.14. The van der Waals surface area contributed by atoms with E-state index in [0.29, 0.717) is 37.0 Å². The highest BCUT2D eigenvalue weighted by Gasteiger charge is 2.29. The number of carbonyl (C=O) groups excluding carboxylic acids is 2. The predicted octanol–water partition coefficient (Wildman–Crippen LogP) is 3.80. The van der Waals surface area contributed by atoms with E-state index in [2.05, 4.69) is 20.4 Å². The Hall–Kier alpha value is -2.36. The van der Waals surface area contributed by atoms with Crippen LogP contribution < -0.4 is 10.4 Å². The molecule has 0 atom stereocenters. The summed E-state index contributed by atoms with van der Waals surface area (Å²) in [5.74, 6) is 0.789. The molecule has 3 heterocycles. The molecule has 1 saturated carbocycles. The van der Waals surface area contributed by atoms with Crippen molar-refractivity contribution in [3.05, 3.63) is 23.2 Å². The van der Waals surface area contributed by atoms with Gasteiger partial charge in [-0.3, -0.25) is 9.69 Å². The fourth-order valence-electron chi connectivity index (χ4n) is 5.59. The smallest absolute Gasteiger partial charge is 0.335 e. The lowest BCUT2D eigenvalue weighted by molar-refractivity contribution is -0.166. The first-order valence-corrected chi connectivity index (χ1v) is 13.5. The molecule has 36 heavy (non-hydrogen) atoms. The van der Waals surface area contributed by atoms with Gasteiger partial charge in [-0.25, -0.2) is 4.79 Å². The van der Waals surface area contributed by atoms with Crippen LogP contribution in [0.2, 0.25) is 5.02 Å². The van der Waals surface area contributed by atoms with Crippen molar-refractivity contribution in [2.45, 2.75) is 44.9 Å². The largest absolute Gasteiger partial charge is 0.381 e. The minimum Gasteiger partial charge on any atom is -0.381 e. The first kappa shape index (κ1) is 25.3. The Morgan fingerprint density at radius 1 is 1.03 bits per heavy atom. The monoisotopic (exact) mass is 518 g/mol. The highest BCUT2D eigenvalue weighted by molar-refractivity contribution is 6.31. The molecule has 1 N–H and O–H groups in total. The molecule has 1 aromatic heterocycles. The Balaban J connectivity index is 0.987. The first-order valence-electron chi connectivity index (χ1n) is 13.2. The molecule has 1 aromatic carbocycles. The number of anilines is 1. The third-order valence-electron chi connectivity index (χ3n) is 7.96.